The first kappa shape index (κ1) is 11.2. The molecule has 0 saturated heterocycles. The fraction of sp³-hybridized carbons (Fsp3) is 0.0833. The highest BCUT2D eigenvalue weighted by Gasteiger charge is 1.97. The molecule has 0 fully saturated rings. The van der Waals surface area contributed by atoms with Gasteiger partial charge in [0.05, 0.1) is 19.0 Å². The molecule has 0 atom stereocenters. The molecule has 82 valence electrons. The van der Waals surface area contributed by atoms with Crippen LogP contribution in [0.3, 0.4) is 0 Å². The van der Waals surface area contributed by atoms with Crippen LogP contribution in [-0.4, -0.2) is 12.1 Å². The Hall–Kier alpha value is -1.30. The van der Waals surface area contributed by atoms with Gasteiger partial charge in [0.25, 0.3) is 0 Å². The predicted octanol–water partition coefficient (Wildman–Crippen LogP) is 3.44. The topological polar surface area (TPSA) is 34.1 Å². The van der Waals surface area contributed by atoms with E-state index in [1.807, 2.05) is 36.5 Å². The lowest BCUT2D eigenvalue weighted by Crippen LogP contribution is -1.92. The molecule has 2 rings (SSSR count). The number of methoxy groups -OCH3 is 1. The van der Waals surface area contributed by atoms with Crippen LogP contribution >= 0.6 is 22.6 Å². The minimum atomic E-state index is 0.837. The highest BCUT2D eigenvalue weighted by molar-refractivity contribution is 14.1. The number of benzene rings is 1. The molecular weight excluding hydrogens is 315 g/mol. The van der Waals surface area contributed by atoms with Gasteiger partial charge in [-0.1, -0.05) is 6.07 Å². The average Bonchev–Trinajstić information content (AvgIpc) is 2.29. The van der Waals surface area contributed by atoms with Crippen LogP contribution in [0.25, 0.3) is 0 Å². The summed E-state index contributed by atoms with van der Waals surface area (Å²) < 4.78 is 6.26. The van der Waals surface area contributed by atoms with Crippen molar-refractivity contribution in [3.8, 4) is 5.75 Å². The van der Waals surface area contributed by atoms with Crippen LogP contribution in [0.2, 0.25) is 0 Å². The first-order valence-electron chi connectivity index (χ1n) is 4.79. The molecule has 16 heavy (non-hydrogen) atoms. The molecule has 0 bridgehead atoms. The molecule has 0 aliphatic rings. The van der Waals surface area contributed by atoms with Crippen molar-refractivity contribution in [1.82, 2.24) is 4.98 Å². The Kier molecular flexibility index (Phi) is 3.61. The number of nitrogens with one attached hydrogen (secondary N) is 1. The minimum absolute atomic E-state index is 0.837. The van der Waals surface area contributed by atoms with Crippen molar-refractivity contribution in [3.63, 3.8) is 0 Å². The Labute approximate surface area is 108 Å². The summed E-state index contributed by atoms with van der Waals surface area (Å²) in [6, 6.07) is 9.83. The van der Waals surface area contributed by atoms with Gasteiger partial charge in [0, 0.05) is 21.5 Å². The molecule has 0 unspecified atom stereocenters. The van der Waals surface area contributed by atoms with Gasteiger partial charge >= 0.3 is 0 Å². The summed E-state index contributed by atoms with van der Waals surface area (Å²) in [6.07, 6.45) is 3.61. The highest BCUT2D eigenvalue weighted by atomic mass is 127. The molecule has 1 aromatic carbocycles. The maximum absolute atomic E-state index is 5.16. The SMILES string of the molecule is COc1cccc(Nc2cncc(I)c2)c1. The van der Waals surface area contributed by atoms with Crippen LogP contribution in [0.15, 0.2) is 42.7 Å². The molecule has 1 N–H and O–H groups in total. The fourth-order valence-corrected chi connectivity index (χ4v) is 1.84. The Bertz CT molecular complexity index is 488. The van der Waals surface area contributed by atoms with E-state index in [-0.39, 0.29) is 0 Å². The van der Waals surface area contributed by atoms with Gasteiger partial charge < -0.3 is 10.1 Å². The van der Waals surface area contributed by atoms with E-state index in [1.165, 1.54) is 0 Å². The number of ether oxygens (including phenoxy) is 1. The second kappa shape index (κ2) is 5.16. The van der Waals surface area contributed by atoms with Crippen LogP contribution in [0.1, 0.15) is 0 Å². The smallest absolute Gasteiger partial charge is 0.120 e. The summed E-state index contributed by atoms with van der Waals surface area (Å²) >= 11 is 2.24. The van der Waals surface area contributed by atoms with Crippen molar-refractivity contribution >= 4 is 34.0 Å². The second-order valence-corrected chi connectivity index (χ2v) is 4.49. The normalized spacial score (nSPS) is 9.88. The maximum atomic E-state index is 5.16. The maximum Gasteiger partial charge on any atom is 0.120 e. The molecule has 1 heterocycles. The molecule has 1 aromatic heterocycles. The summed E-state index contributed by atoms with van der Waals surface area (Å²) in [5.41, 5.74) is 1.96. The highest BCUT2D eigenvalue weighted by Crippen LogP contribution is 2.21. The molecule has 0 spiro atoms. The van der Waals surface area contributed by atoms with Crippen LogP contribution in [0.5, 0.6) is 5.75 Å². The summed E-state index contributed by atoms with van der Waals surface area (Å²) in [7, 11) is 1.66. The Morgan fingerprint density at radius 1 is 1.19 bits per heavy atom. The van der Waals surface area contributed by atoms with Gasteiger partial charge in [0.1, 0.15) is 5.75 Å². The largest absolute Gasteiger partial charge is 0.497 e. The van der Waals surface area contributed by atoms with Crippen molar-refractivity contribution in [3.05, 3.63) is 46.3 Å². The van der Waals surface area contributed by atoms with Crippen molar-refractivity contribution < 1.29 is 4.74 Å². The van der Waals surface area contributed by atoms with Crippen molar-refractivity contribution in [2.45, 2.75) is 0 Å². The van der Waals surface area contributed by atoms with E-state index in [2.05, 4.69) is 32.9 Å². The lowest BCUT2D eigenvalue weighted by atomic mass is 10.3. The van der Waals surface area contributed by atoms with E-state index < -0.39 is 0 Å². The number of nitrogens with zero attached hydrogens (tertiary/aromatic N) is 1. The van der Waals surface area contributed by atoms with Gasteiger partial charge in [-0.3, -0.25) is 4.98 Å². The molecule has 4 heteroatoms. The van der Waals surface area contributed by atoms with Gasteiger partial charge in [-0.2, -0.15) is 0 Å². The summed E-state index contributed by atoms with van der Waals surface area (Å²) in [4.78, 5) is 4.12. The van der Waals surface area contributed by atoms with Crippen LogP contribution < -0.4 is 10.1 Å². The molecule has 3 nitrogen and oxygen atoms in total. The van der Waals surface area contributed by atoms with E-state index in [9.17, 15) is 0 Å². The number of aromatic nitrogens is 1. The lowest BCUT2D eigenvalue weighted by molar-refractivity contribution is 0.415. The molecule has 0 aliphatic carbocycles. The second-order valence-electron chi connectivity index (χ2n) is 3.25. The lowest BCUT2D eigenvalue weighted by Gasteiger charge is -2.07. The van der Waals surface area contributed by atoms with Crippen molar-refractivity contribution in [2.24, 2.45) is 0 Å². The van der Waals surface area contributed by atoms with E-state index in [0.717, 1.165) is 20.7 Å². The van der Waals surface area contributed by atoms with E-state index >= 15 is 0 Å². The third kappa shape index (κ3) is 2.85. The number of halogens is 1. The number of pyridine rings is 1. The van der Waals surface area contributed by atoms with Gasteiger partial charge in [-0.25, -0.2) is 0 Å². The Morgan fingerprint density at radius 3 is 2.81 bits per heavy atom. The third-order valence-corrected chi connectivity index (χ3v) is 2.65. The summed E-state index contributed by atoms with van der Waals surface area (Å²) in [5.74, 6) is 0.837. The van der Waals surface area contributed by atoms with Gasteiger partial charge in [-0.15, -0.1) is 0 Å². The van der Waals surface area contributed by atoms with Gasteiger partial charge in [0.15, 0.2) is 0 Å². The first-order chi connectivity index (χ1) is 7.78. The molecule has 0 amide bonds. The molecule has 0 saturated carbocycles. The monoisotopic (exact) mass is 326 g/mol. The molecule has 2 aromatic rings. The number of hydrogen-bond acceptors (Lipinski definition) is 3. The van der Waals surface area contributed by atoms with Gasteiger partial charge in [0.2, 0.25) is 0 Å². The van der Waals surface area contributed by atoms with E-state index in [1.54, 1.807) is 13.3 Å². The summed E-state index contributed by atoms with van der Waals surface area (Å²) in [6.45, 7) is 0. The fourth-order valence-electron chi connectivity index (χ4n) is 1.35. The molecule has 0 radical (unpaired) electrons. The predicted molar refractivity (Wildman–Crippen MR) is 73.2 cm³/mol. The molecule has 0 aliphatic heterocycles. The quantitative estimate of drug-likeness (QED) is 0.878. The third-order valence-electron chi connectivity index (χ3n) is 2.06. The Morgan fingerprint density at radius 2 is 2.06 bits per heavy atom. The van der Waals surface area contributed by atoms with Crippen molar-refractivity contribution in [1.29, 1.82) is 0 Å². The number of hydrogen-bond donors (Lipinski definition) is 1. The van der Waals surface area contributed by atoms with Crippen LogP contribution in [0, 0.1) is 3.57 Å². The van der Waals surface area contributed by atoms with E-state index in [0.29, 0.717) is 0 Å². The zero-order valence-electron chi connectivity index (χ0n) is 8.77. The zero-order valence-corrected chi connectivity index (χ0v) is 10.9. The van der Waals surface area contributed by atoms with Crippen LogP contribution in [0.4, 0.5) is 11.4 Å². The van der Waals surface area contributed by atoms with Crippen LogP contribution in [-0.2, 0) is 0 Å². The van der Waals surface area contributed by atoms with Crippen molar-refractivity contribution in [2.75, 3.05) is 12.4 Å². The minimum Gasteiger partial charge on any atom is -0.497 e. The van der Waals surface area contributed by atoms with Gasteiger partial charge in [-0.05, 0) is 40.8 Å². The standard InChI is InChI=1S/C12H11IN2O/c1-16-12-4-2-3-10(6-12)15-11-5-9(13)7-14-8-11/h2-8,15H,1H3. The van der Waals surface area contributed by atoms with E-state index in [4.69, 9.17) is 4.74 Å². The molecular formula is C12H11IN2O. The Balaban J connectivity index is 2.20. The number of rotatable bonds is 3. The summed E-state index contributed by atoms with van der Waals surface area (Å²) in [5, 5.41) is 3.27. The first-order valence-corrected chi connectivity index (χ1v) is 5.87. The number of anilines is 2. The zero-order chi connectivity index (χ0) is 11.4. The average molecular weight is 326 g/mol.